The predicted octanol–water partition coefficient (Wildman–Crippen LogP) is 2.94. The minimum absolute atomic E-state index is 0.103. The molecule has 0 heterocycles. The minimum atomic E-state index is -3.48. The van der Waals surface area contributed by atoms with Gasteiger partial charge in [0.1, 0.15) is 6.61 Å². The van der Waals surface area contributed by atoms with Crippen molar-refractivity contribution in [3.8, 4) is 0 Å². The van der Waals surface area contributed by atoms with Crippen LogP contribution in [-0.2, 0) is 32.5 Å². The second-order valence-electron chi connectivity index (χ2n) is 4.40. The lowest BCUT2D eigenvalue weighted by Crippen LogP contribution is -2.25. The fraction of sp³-hybridized carbons (Fsp3) is 0.412. The van der Waals surface area contributed by atoms with Crippen LogP contribution in [0.1, 0.15) is 13.3 Å². The van der Waals surface area contributed by atoms with Crippen LogP contribution in [0.3, 0.4) is 0 Å². The van der Waals surface area contributed by atoms with Gasteiger partial charge < -0.3 is 10.1 Å². The third-order valence-corrected chi connectivity index (χ3v) is 3.50. The number of nitrogens with one attached hydrogen (secondary N) is 1. The van der Waals surface area contributed by atoms with Crippen molar-refractivity contribution in [2.24, 2.45) is 0 Å². The Balaban J connectivity index is 0. The van der Waals surface area contributed by atoms with E-state index in [1.165, 1.54) is 31.2 Å². The Morgan fingerprint density at radius 2 is 1.38 bits per heavy atom. The van der Waals surface area contributed by atoms with Gasteiger partial charge in [0.05, 0.1) is 32.8 Å². The maximum absolute atomic E-state index is 11.7. The normalized spacial score (nSPS) is 9.88. The van der Waals surface area contributed by atoms with Crippen molar-refractivity contribution < 1.29 is 32.5 Å². The number of phosphoric acid groups is 1. The van der Waals surface area contributed by atoms with Gasteiger partial charge in [0.2, 0.25) is 5.91 Å². The molecule has 1 N–H and O–H groups in total. The molecule has 0 aromatic heterocycles. The largest absolute Gasteiger partial charge is 0.475 e. The summed E-state index contributed by atoms with van der Waals surface area (Å²) >= 11 is 0. The molecule has 0 atom stereocenters. The van der Waals surface area contributed by atoms with Gasteiger partial charge in [-0.05, 0) is 0 Å². The minimum Gasteiger partial charge on any atom is -0.464 e. The van der Waals surface area contributed by atoms with Crippen molar-refractivity contribution in [1.29, 1.82) is 0 Å². The number of amides is 1. The first-order valence-electron chi connectivity index (χ1n) is 7.72. The Hall–Kier alpha value is -1.99. The second kappa shape index (κ2) is 17.8. The standard InChI is InChI=1S/C9H15O4P.C8H13NO3/c1-4-7-11-14(10,12-8-5-2)13-9-6-3;1-3-4-8(11)12-6-5-9-7(2)10/h4-6H,1-3,7-9H2;3H,1,4-6H2,2H3,(H,9,10). The molecule has 0 saturated carbocycles. The lowest BCUT2D eigenvalue weighted by Gasteiger charge is -2.15. The van der Waals surface area contributed by atoms with Gasteiger partial charge >= 0.3 is 13.8 Å². The van der Waals surface area contributed by atoms with Gasteiger partial charge in [0.15, 0.2) is 0 Å². The average Bonchev–Trinajstić information content (AvgIpc) is 2.61. The average molecular weight is 389 g/mol. The highest BCUT2D eigenvalue weighted by molar-refractivity contribution is 7.48. The van der Waals surface area contributed by atoms with Gasteiger partial charge in [-0.3, -0.25) is 23.2 Å². The molecule has 0 aliphatic rings. The van der Waals surface area contributed by atoms with Crippen molar-refractivity contribution in [2.45, 2.75) is 13.3 Å². The van der Waals surface area contributed by atoms with E-state index in [1.54, 1.807) is 0 Å². The maximum atomic E-state index is 11.7. The zero-order valence-corrected chi connectivity index (χ0v) is 16.1. The topological polar surface area (TPSA) is 100 Å². The van der Waals surface area contributed by atoms with Crippen LogP contribution in [0.2, 0.25) is 0 Å². The Morgan fingerprint density at radius 1 is 0.923 bits per heavy atom. The zero-order chi connectivity index (χ0) is 20.3. The highest BCUT2D eigenvalue weighted by atomic mass is 31.2. The molecule has 8 nitrogen and oxygen atoms in total. The number of hydrogen-bond acceptors (Lipinski definition) is 7. The molecule has 0 aliphatic carbocycles. The van der Waals surface area contributed by atoms with E-state index in [2.05, 4.69) is 31.6 Å². The molecule has 0 aliphatic heterocycles. The smallest absolute Gasteiger partial charge is 0.464 e. The predicted molar refractivity (Wildman–Crippen MR) is 101 cm³/mol. The van der Waals surface area contributed by atoms with E-state index in [9.17, 15) is 14.2 Å². The monoisotopic (exact) mass is 389 g/mol. The number of esters is 1. The zero-order valence-electron chi connectivity index (χ0n) is 15.2. The first-order valence-corrected chi connectivity index (χ1v) is 9.18. The Bertz CT molecular complexity index is 467. The lowest BCUT2D eigenvalue weighted by atomic mass is 10.4. The second-order valence-corrected chi connectivity index (χ2v) is 6.07. The number of hydrogen-bond donors (Lipinski definition) is 1. The first kappa shape index (κ1) is 26.2. The molecule has 0 saturated heterocycles. The summed E-state index contributed by atoms with van der Waals surface area (Å²) in [6.45, 7) is 16.0. The molecule has 1 amide bonds. The van der Waals surface area contributed by atoms with Crippen molar-refractivity contribution in [2.75, 3.05) is 33.0 Å². The summed E-state index contributed by atoms with van der Waals surface area (Å²) in [7, 11) is -3.48. The summed E-state index contributed by atoms with van der Waals surface area (Å²) in [5, 5.41) is 2.50. The third kappa shape index (κ3) is 18.4. The SMILES string of the molecule is C=CCC(=O)OCCNC(C)=O.C=CCOP(=O)(OCC=C)OCC=C. The molecule has 0 fully saturated rings. The molecule has 0 bridgehead atoms. The van der Waals surface area contributed by atoms with E-state index >= 15 is 0 Å². The Kier molecular flexibility index (Phi) is 18.0. The van der Waals surface area contributed by atoms with Gasteiger partial charge in [0, 0.05) is 6.92 Å². The van der Waals surface area contributed by atoms with Crippen molar-refractivity contribution >= 4 is 19.7 Å². The van der Waals surface area contributed by atoms with Gasteiger partial charge in [-0.15, -0.1) is 26.3 Å². The summed E-state index contributed by atoms with van der Waals surface area (Å²) in [6.07, 6.45) is 6.06. The van der Waals surface area contributed by atoms with Gasteiger partial charge in [-0.25, -0.2) is 4.57 Å². The molecule has 0 unspecified atom stereocenters. The molecule has 26 heavy (non-hydrogen) atoms. The number of carbonyl (C=O) groups is 2. The Morgan fingerprint density at radius 3 is 1.73 bits per heavy atom. The molecule has 0 rings (SSSR count). The van der Waals surface area contributed by atoms with Crippen LogP contribution >= 0.6 is 7.82 Å². The summed E-state index contributed by atoms with van der Waals surface area (Å²) in [5.74, 6) is -0.454. The van der Waals surface area contributed by atoms with Crippen LogP contribution in [0.15, 0.2) is 50.6 Å². The number of phosphoric ester groups is 1. The fourth-order valence-corrected chi connectivity index (χ4v) is 2.20. The lowest BCUT2D eigenvalue weighted by molar-refractivity contribution is -0.142. The molecule has 148 valence electrons. The van der Waals surface area contributed by atoms with Crippen LogP contribution in [0.4, 0.5) is 0 Å². The van der Waals surface area contributed by atoms with E-state index in [0.29, 0.717) is 6.54 Å². The fourth-order valence-electron chi connectivity index (χ4n) is 1.11. The number of carbonyl (C=O) groups excluding carboxylic acids is 2. The first-order chi connectivity index (χ1) is 12.3. The summed E-state index contributed by atoms with van der Waals surface area (Å²) in [5.41, 5.74) is 0. The van der Waals surface area contributed by atoms with Crippen molar-refractivity contribution in [1.82, 2.24) is 5.32 Å². The molecule has 0 spiro atoms. The molecular formula is C17H28NO7P. The van der Waals surface area contributed by atoms with Gasteiger partial charge in [-0.2, -0.15) is 0 Å². The molecule has 0 radical (unpaired) electrons. The van der Waals surface area contributed by atoms with E-state index in [4.69, 9.17) is 18.3 Å². The third-order valence-electron chi connectivity index (χ3n) is 2.10. The summed E-state index contributed by atoms with van der Waals surface area (Å²) < 4.78 is 31.0. The van der Waals surface area contributed by atoms with Gasteiger partial charge in [-0.1, -0.05) is 24.3 Å². The van der Waals surface area contributed by atoms with Crippen molar-refractivity contribution in [3.05, 3.63) is 50.6 Å². The van der Waals surface area contributed by atoms with Crippen molar-refractivity contribution in [3.63, 3.8) is 0 Å². The van der Waals surface area contributed by atoms with E-state index in [0.717, 1.165) is 0 Å². The van der Waals surface area contributed by atoms with Crippen LogP contribution in [-0.4, -0.2) is 44.8 Å². The van der Waals surface area contributed by atoms with Crippen LogP contribution in [0.25, 0.3) is 0 Å². The molecule has 0 aromatic rings. The quantitative estimate of drug-likeness (QED) is 0.211. The molecule has 0 aromatic carbocycles. The molecule has 9 heteroatoms. The van der Waals surface area contributed by atoms with Crippen LogP contribution < -0.4 is 5.32 Å². The van der Waals surface area contributed by atoms with E-state index in [-0.39, 0.29) is 44.7 Å². The summed E-state index contributed by atoms with van der Waals surface area (Å²) in [6, 6.07) is 0. The van der Waals surface area contributed by atoms with Crippen LogP contribution in [0, 0.1) is 0 Å². The highest BCUT2D eigenvalue weighted by Gasteiger charge is 2.24. The number of rotatable bonds is 14. The summed E-state index contributed by atoms with van der Waals surface area (Å²) in [4.78, 5) is 21.0. The van der Waals surface area contributed by atoms with E-state index < -0.39 is 7.82 Å². The highest BCUT2D eigenvalue weighted by Crippen LogP contribution is 2.49. The number of ether oxygens (including phenoxy) is 1. The Labute approximate surface area is 155 Å². The van der Waals surface area contributed by atoms with Gasteiger partial charge in [0.25, 0.3) is 0 Å². The van der Waals surface area contributed by atoms with E-state index in [1.807, 2.05) is 0 Å². The molecular weight excluding hydrogens is 361 g/mol. The maximum Gasteiger partial charge on any atom is 0.475 e. The van der Waals surface area contributed by atoms with Crippen LogP contribution in [0.5, 0.6) is 0 Å².